The van der Waals surface area contributed by atoms with Crippen molar-refractivity contribution in [1.82, 2.24) is 5.32 Å². The van der Waals surface area contributed by atoms with Crippen molar-refractivity contribution in [2.45, 2.75) is 43.9 Å². The maximum atomic E-state index is 13.6. The second kappa shape index (κ2) is 6.58. The molecule has 1 saturated carbocycles. The maximum Gasteiger partial charge on any atom is 0.200 e. The van der Waals surface area contributed by atoms with Gasteiger partial charge in [-0.25, -0.2) is 4.39 Å². The number of nitrogens with one attached hydrogen (secondary N) is 1. The Bertz CT molecular complexity index is 511. The lowest BCUT2D eigenvalue weighted by Gasteiger charge is -2.15. The average Bonchev–Trinajstić information content (AvgIpc) is 3.17. The lowest BCUT2D eigenvalue weighted by molar-refractivity contribution is 0.0175. The highest BCUT2D eigenvalue weighted by Crippen LogP contribution is 2.27. The van der Waals surface area contributed by atoms with Gasteiger partial charge >= 0.3 is 0 Å². The second-order valence-corrected chi connectivity index (χ2v) is 6.57. The summed E-state index contributed by atoms with van der Waals surface area (Å²) >= 11 is 3.12. The van der Waals surface area contributed by atoms with Gasteiger partial charge < -0.3 is 14.8 Å². The summed E-state index contributed by atoms with van der Waals surface area (Å²) < 4.78 is 38.5. The molecule has 1 heterocycles. The van der Waals surface area contributed by atoms with Gasteiger partial charge in [-0.2, -0.15) is 4.39 Å². The van der Waals surface area contributed by atoms with E-state index in [0.29, 0.717) is 10.5 Å². The fraction of sp³-hybridized carbons (Fsp3) is 0.600. The van der Waals surface area contributed by atoms with Gasteiger partial charge in [-0.05, 0) is 37.8 Å². The van der Waals surface area contributed by atoms with Crippen molar-refractivity contribution in [2.24, 2.45) is 0 Å². The lowest BCUT2D eigenvalue weighted by Crippen LogP contribution is -2.29. The monoisotopic (exact) mass is 361 g/mol. The Morgan fingerprint density at radius 3 is 2.71 bits per heavy atom. The number of benzene rings is 1. The van der Waals surface area contributed by atoms with E-state index < -0.39 is 11.6 Å². The Balaban J connectivity index is 1.47. The van der Waals surface area contributed by atoms with Gasteiger partial charge in [-0.3, -0.25) is 0 Å². The van der Waals surface area contributed by atoms with Crippen molar-refractivity contribution >= 4 is 15.9 Å². The summed E-state index contributed by atoms with van der Waals surface area (Å²) in [4.78, 5) is 0. The van der Waals surface area contributed by atoms with Crippen molar-refractivity contribution < 1.29 is 18.3 Å². The highest BCUT2D eigenvalue weighted by Gasteiger charge is 2.28. The smallest absolute Gasteiger partial charge is 0.200 e. The van der Waals surface area contributed by atoms with Gasteiger partial charge in [0.1, 0.15) is 6.61 Å². The van der Waals surface area contributed by atoms with Crippen LogP contribution in [0.2, 0.25) is 0 Å². The van der Waals surface area contributed by atoms with Gasteiger partial charge in [0, 0.05) is 17.1 Å². The second-order valence-electron chi connectivity index (χ2n) is 5.65. The molecule has 1 aromatic carbocycles. The molecule has 3 rings (SSSR count). The van der Waals surface area contributed by atoms with E-state index in [1.54, 1.807) is 0 Å². The standard InChI is InChI=1S/C15H18BrF2NO2/c16-9-5-13(17)15(18)14(6-9)20-8-12-4-3-11(21-12)7-19-10-1-2-10/h5-6,10-12,19H,1-4,7-8H2. The number of rotatable bonds is 6. The number of ether oxygens (including phenoxy) is 2. The summed E-state index contributed by atoms with van der Waals surface area (Å²) in [5.41, 5.74) is 0. The van der Waals surface area contributed by atoms with E-state index in [2.05, 4.69) is 21.2 Å². The SMILES string of the molecule is Fc1cc(Br)cc(OCC2CCC(CNC3CC3)O2)c1F. The van der Waals surface area contributed by atoms with Crippen LogP contribution in [-0.2, 0) is 4.74 Å². The Morgan fingerprint density at radius 2 is 1.95 bits per heavy atom. The van der Waals surface area contributed by atoms with Crippen molar-refractivity contribution in [3.63, 3.8) is 0 Å². The van der Waals surface area contributed by atoms with Crippen LogP contribution in [0.1, 0.15) is 25.7 Å². The van der Waals surface area contributed by atoms with E-state index >= 15 is 0 Å². The molecule has 116 valence electrons. The third kappa shape index (κ3) is 4.14. The van der Waals surface area contributed by atoms with E-state index in [0.717, 1.165) is 25.5 Å². The molecule has 0 aromatic heterocycles. The molecule has 3 nitrogen and oxygen atoms in total. The molecular formula is C15H18BrF2NO2. The van der Waals surface area contributed by atoms with Crippen molar-refractivity contribution in [2.75, 3.05) is 13.2 Å². The first-order valence-corrected chi connectivity index (χ1v) is 8.07. The van der Waals surface area contributed by atoms with E-state index in [1.165, 1.54) is 18.9 Å². The summed E-state index contributed by atoms with van der Waals surface area (Å²) in [7, 11) is 0. The Kier molecular flexibility index (Phi) is 4.76. The fourth-order valence-corrected chi connectivity index (χ4v) is 2.87. The first-order chi connectivity index (χ1) is 10.1. The minimum Gasteiger partial charge on any atom is -0.488 e. The Hall–Kier alpha value is -0.720. The number of hydrogen-bond donors (Lipinski definition) is 1. The molecule has 1 N–H and O–H groups in total. The number of hydrogen-bond acceptors (Lipinski definition) is 3. The molecule has 2 atom stereocenters. The molecule has 0 radical (unpaired) electrons. The third-order valence-corrected chi connectivity index (χ3v) is 4.25. The minimum atomic E-state index is -0.955. The van der Waals surface area contributed by atoms with Gasteiger partial charge in [0.15, 0.2) is 11.6 Å². The normalized spacial score (nSPS) is 25.3. The molecule has 6 heteroatoms. The largest absolute Gasteiger partial charge is 0.488 e. The molecular weight excluding hydrogens is 344 g/mol. The van der Waals surface area contributed by atoms with Gasteiger partial charge in [0.2, 0.25) is 5.82 Å². The van der Waals surface area contributed by atoms with Crippen LogP contribution in [0.5, 0.6) is 5.75 Å². The van der Waals surface area contributed by atoms with Crippen LogP contribution in [-0.4, -0.2) is 31.4 Å². The van der Waals surface area contributed by atoms with E-state index in [1.807, 2.05) is 0 Å². The summed E-state index contributed by atoms with van der Waals surface area (Å²) in [6, 6.07) is 3.18. The zero-order chi connectivity index (χ0) is 14.8. The fourth-order valence-electron chi connectivity index (χ4n) is 2.46. The van der Waals surface area contributed by atoms with Crippen LogP contribution in [0.25, 0.3) is 0 Å². The van der Waals surface area contributed by atoms with E-state index in [4.69, 9.17) is 9.47 Å². The van der Waals surface area contributed by atoms with E-state index in [9.17, 15) is 8.78 Å². The summed E-state index contributed by atoms with van der Waals surface area (Å²) in [5, 5.41) is 3.44. The number of halogens is 3. The maximum absolute atomic E-state index is 13.6. The van der Waals surface area contributed by atoms with Crippen LogP contribution in [0, 0.1) is 11.6 Å². The highest BCUT2D eigenvalue weighted by molar-refractivity contribution is 9.10. The lowest BCUT2D eigenvalue weighted by atomic mass is 10.2. The summed E-state index contributed by atoms with van der Waals surface area (Å²) in [6.07, 6.45) is 4.51. The van der Waals surface area contributed by atoms with Crippen LogP contribution in [0.3, 0.4) is 0 Å². The van der Waals surface area contributed by atoms with Gasteiger partial charge in [-0.1, -0.05) is 15.9 Å². The summed E-state index contributed by atoms with van der Waals surface area (Å²) in [5.74, 6) is -1.95. The minimum absolute atomic E-state index is 0.0579. The molecule has 21 heavy (non-hydrogen) atoms. The van der Waals surface area contributed by atoms with E-state index in [-0.39, 0.29) is 24.6 Å². The molecule has 1 saturated heterocycles. The van der Waals surface area contributed by atoms with Crippen LogP contribution < -0.4 is 10.1 Å². The van der Waals surface area contributed by atoms with Crippen molar-refractivity contribution in [3.8, 4) is 5.75 Å². The molecule has 0 bridgehead atoms. The molecule has 1 aromatic rings. The predicted octanol–water partition coefficient (Wildman–Crippen LogP) is 3.41. The van der Waals surface area contributed by atoms with Crippen molar-refractivity contribution in [3.05, 3.63) is 28.2 Å². The predicted molar refractivity (Wildman–Crippen MR) is 78.5 cm³/mol. The first-order valence-electron chi connectivity index (χ1n) is 7.28. The molecule has 2 fully saturated rings. The molecule has 1 aliphatic heterocycles. The Labute approximate surface area is 131 Å². The molecule has 0 spiro atoms. The van der Waals surface area contributed by atoms with Crippen molar-refractivity contribution in [1.29, 1.82) is 0 Å². The summed E-state index contributed by atoms with van der Waals surface area (Å²) in [6.45, 7) is 1.10. The van der Waals surface area contributed by atoms with Crippen LogP contribution in [0.4, 0.5) is 8.78 Å². The quantitative estimate of drug-likeness (QED) is 0.787. The van der Waals surface area contributed by atoms with Gasteiger partial charge in [0.05, 0.1) is 12.2 Å². The third-order valence-electron chi connectivity index (χ3n) is 3.79. The van der Waals surface area contributed by atoms with Gasteiger partial charge in [0.25, 0.3) is 0 Å². The highest BCUT2D eigenvalue weighted by atomic mass is 79.9. The van der Waals surface area contributed by atoms with Crippen LogP contribution in [0.15, 0.2) is 16.6 Å². The molecule has 0 amide bonds. The topological polar surface area (TPSA) is 30.5 Å². The average molecular weight is 362 g/mol. The van der Waals surface area contributed by atoms with Crippen LogP contribution >= 0.6 is 15.9 Å². The molecule has 2 unspecified atom stereocenters. The Morgan fingerprint density at radius 1 is 1.19 bits per heavy atom. The molecule has 1 aliphatic carbocycles. The molecule has 2 aliphatic rings. The first kappa shape index (κ1) is 15.2. The zero-order valence-electron chi connectivity index (χ0n) is 11.6. The van der Waals surface area contributed by atoms with Gasteiger partial charge in [-0.15, -0.1) is 0 Å². The zero-order valence-corrected chi connectivity index (χ0v) is 13.2.